The summed E-state index contributed by atoms with van der Waals surface area (Å²) in [6.45, 7) is 11.2. The quantitative estimate of drug-likeness (QED) is 0.347. The second-order valence-corrected chi connectivity index (χ2v) is 12.5. The lowest BCUT2D eigenvalue weighted by Crippen LogP contribution is -2.36. The van der Waals surface area contributed by atoms with Crippen LogP contribution in [0.3, 0.4) is 0 Å². The Kier molecular flexibility index (Phi) is 7.29. The highest BCUT2D eigenvalue weighted by Gasteiger charge is 2.36. The molecule has 1 fully saturated rings. The fourth-order valence-corrected chi connectivity index (χ4v) is 6.22. The Labute approximate surface area is 246 Å². The molecule has 3 aliphatic rings. The third-order valence-electron chi connectivity index (χ3n) is 8.20. The fourth-order valence-electron chi connectivity index (χ4n) is 6.22. The van der Waals surface area contributed by atoms with Crippen LogP contribution in [0.15, 0.2) is 42.0 Å². The molecular formula is C33H40N6O3. The summed E-state index contributed by atoms with van der Waals surface area (Å²) in [7, 11) is 0. The molecule has 2 aliphatic carbocycles. The molecule has 1 aliphatic heterocycles. The Morgan fingerprint density at radius 2 is 2.00 bits per heavy atom. The van der Waals surface area contributed by atoms with Crippen LogP contribution in [0.4, 0.5) is 4.79 Å². The Morgan fingerprint density at radius 1 is 1.17 bits per heavy atom. The summed E-state index contributed by atoms with van der Waals surface area (Å²) in [4.78, 5) is 45.2. The maximum atomic E-state index is 12.9. The van der Waals surface area contributed by atoms with Gasteiger partial charge >= 0.3 is 6.09 Å². The molecule has 2 N–H and O–H groups in total. The first-order valence-corrected chi connectivity index (χ1v) is 15.0. The van der Waals surface area contributed by atoms with Crippen molar-refractivity contribution in [3.63, 3.8) is 0 Å². The van der Waals surface area contributed by atoms with Gasteiger partial charge in [0.2, 0.25) is 5.91 Å². The van der Waals surface area contributed by atoms with Crippen LogP contribution in [0.25, 0.3) is 22.7 Å². The van der Waals surface area contributed by atoms with Crippen molar-refractivity contribution in [3.05, 3.63) is 70.6 Å². The zero-order valence-corrected chi connectivity index (χ0v) is 25.2. The minimum absolute atomic E-state index is 0.0585. The smallest absolute Gasteiger partial charge is 0.410 e. The number of imidazole rings is 2. The molecule has 0 radical (unpaired) electrons. The molecule has 1 unspecified atom stereocenters. The Morgan fingerprint density at radius 3 is 2.76 bits per heavy atom. The van der Waals surface area contributed by atoms with E-state index in [9.17, 15) is 9.59 Å². The SMILES string of the molecule is CCCN(Cc1nc2ccc(C3=CCC4C(=C3)C=Cc3nc([C@@H]5CCCN5C(=O)OC(C)(C)C)[nH]c34)cc2[nH]1)C(C)=O. The first kappa shape index (κ1) is 28.0. The van der Waals surface area contributed by atoms with E-state index in [4.69, 9.17) is 14.7 Å². The monoisotopic (exact) mass is 568 g/mol. The number of fused-ring (bicyclic) bond motifs is 4. The van der Waals surface area contributed by atoms with Crippen molar-refractivity contribution in [2.45, 2.75) is 84.4 Å². The van der Waals surface area contributed by atoms with Crippen molar-refractivity contribution >= 4 is 34.7 Å². The number of rotatable bonds is 6. The third-order valence-corrected chi connectivity index (χ3v) is 8.20. The molecule has 2 atom stereocenters. The predicted octanol–water partition coefficient (Wildman–Crippen LogP) is 6.64. The number of nitrogens with zero attached hydrogens (tertiary/aromatic N) is 4. The highest BCUT2D eigenvalue weighted by Crippen LogP contribution is 2.42. The summed E-state index contributed by atoms with van der Waals surface area (Å²) in [5.41, 5.74) is 6.95. The van der Waals surface area contributed by atoms with Gasteiger partial charge in [0.25, 0.3) is 0 Å². The molecule has 0 saturated carbocycles. The van der Waals surface area contributed by atoms with Crippen LogP contribution in [0.2, 0.25) is 0 Å². The van der Waals surface area contributed by atoms with Crippen LogP contribution < -0.4 is 0 Å². The van der Waals surface area contributed by atoms with Gasteiger partial charge in [0.1, 0.15) is 17.2 Å². The van der Waals surface area contributed by atoms with Gasteiger partial charge < -0.3 is 19.6 Å². The molecule has 220 valence electrons. The number of hydrogen-bond donors (Lipinski definition) is 2. The van der Waals surface area contributed by atoms with Crippen molar-refractivity contribution in [2.24, 2.45) is 0 Å². The second kappa shape index (κ2) is 10.9. The van der Waals surface area contributed by atoms with Gasteiger partial charge in [0, 0.05) is 25.9 Å². The van der Waals surface area contributed by atoms with Crippen LogP contribution in [0, 0.1) is 0 Å². The van der Waals surface area contributed by atoms with E-state index in [1.807, 2.05) is 36.6 Å². The van der Waals surface area contributed by atoms with E-state index in [-0.39, 0.29) is 24.0 Å². The summed E-state index contributed by atoms with van der Waals surface area (Å²) in [6.07, 6.45) is 12.1. The molecule has 0 spiro atoms. The van der Waals surface area contributed by atoms with E-state index in [1.54, 1.807) is 6.92 Å². The van der Waals surface area contributed by atoms with Crippen LogP contribution in [-0.4, -0.2) is 60.4 Å². The molecule has 3 heterocycles. The number of aromatic nitrogens is 4. The number of amides is 2. The molecule has 2 amide bonds. The Balaban J connectivity index is 1.20. The first-order valence-electron chi connectivity index (χ1n) is 15.0. The van der Waals surface area contributed by atoms with Gasteiger partial charge in [-0.3, -0.25) is 9.69 Å². The van der Waals surface area contributed by atoms with E-state index in [0.29, 0.717) is 13.1 Å². The number of nitrogens with one attached hydrogen (secondary N) is 2. The number of allylic oxidation sites excluding steroid dienone is 5. The van der Waals surface area contributed by atoms with Crippen LogP contribution >= 0.6 is 0 Å². The van der Waals surface area contributed by atoms with Gasteiger partial charge in [-0.1, -0.05) is 31.2 Å². The van der Waals surface area contributed by atoms with E-state index in [0.717, 1.165) is 71.9 Å². The second-order valence-electron chi connectivity index (χ2n) is 12.5. The summed E-state index contributed by atoms with van der Waals surface area (Å²) in [6, 6.07) is 6.20. The molecule has 9 heteroatoms. The van der Waals surface area contributed by atoms with E-state index in [1.165, 1.54) is 11.1 Å². The summed E-state index contributed by atoms with van der Waals surface area (Å²) in [5, 5.41) is 0. The summed E-state index contributed by atoms with van der Waals surface area (Å²) < 4.78 is 5.67. The van der Waals surface area contributed by atoms with Gasteiger partial charge in [0.15, 0.2) is 0 Å². The number of ether oxygens (including phenoxy) is 1. The van der Waals surface area contributed by atoms with Crippen LogP contribution in [0.1, 0.15) is 101 Å². The predicted molar refractivity (Wildman–Crippen MR) is 163 cm³/mol. The zero-order valence-electron chi connectivity index (χ0n) is 25.2. The lowest BCUT2D eigenvalue weighted by molar-refractivity contribution is -0.129. The summed E-state index contributed by atoms with van der Waals surface area (Å²) >= 11 is 0. The molecule has 6 rings (SSSR count). The molecule has 42 heavy (non-hydrogen) atoms. The third kappa shape index (κ3) is 5.52. The van der Waals surface area contributed by atoms with Crippen LogP contribution in [0.5, 0.6) is 0 Å². The average Bonchev–Trinajstić information content (AvgIpc) is 3.68. The highest BCUT2D eigenvalue weighted by atomic mass is 16.6. The fraction of sp³-hybridized carbons (Fsp3) is 0.455. The van der Waals surface area contributed by atoms with Gasteiger partial charge in [-0.05, 0) is 81.4 Å². The highest BCUT2D eigenvalue weighted by molar-refractivity contribution is 5.85. The number of likely N-dealkylation sites (tertiary alicyclic amines) is 1. The number of H-pyrrole nitrogens is 2. The maximum Gasteiger partial charge on any atom is 0.410 e. The number of carbonyl (C=O) groups is 2. The van der Waals surface area contributed by atoms with E-state index >= 15 is 0 Å². The first-order chi connectivity index (χ1) is 20.1. The molecular weight excluding hydrogens is 528 g/mol. The largest absolute Gasteiger partial charge is 0.444 e. The topological polar surface area (TPSA) is 107 Å². The van der Waals surface area contributed by atoms with Gasteiger partial charge in [-0.15, -0.1) is 0 Å². The van der Waals surface area contributed by atoms with Crippen molar-refractivity contribution in [3.8, 4) is 0 Å². The number of hydrogen-bond acceptors (Lipinski definition) is 5. The molecule has 1 aromatic carbocycles. The van der Waals surface area contributed by atoms with Crippen molar-refractivity contribution in [1.29, 1.82) is 0 Å². The summed E-state index contributed by atoms with van der Waals surface area (Å²) in [5.74, 6) is 1.90. The minimum atomic E-state index is -0.531. The minimum Gasteiger partial charge on any atom is -0.444 e. The molecule has 3 aromatic rings. The average molecular weight is 569 g/mol. The normalized spacial score (nSPS) is 19.8. The number of carbonyl (C=O) groups excluding carboxylic acids is 2. The van der Waals surface area contributed by atoms with E-state index in [2.05, 4.69) is 53.3 Å². The zero-order chi connectivity index (χ0) is 29.6. The molecule has 1 saturated heterocycles. The molecule has 2 aromatic heterocycles. The van der Waals surface area contributed by atoms with Crippen molar-refractivity contribution < 1.29 is 14.3 Å². The number of benzene rings is 1. The van der Waals surface area contributed by atoms with E-state index < -0.39 is 5.60 Å². The number of aromatic amines is 2. The van der Waals surface area contributed by atoms with Gasteiger partial charge in [0.05, 0.1) is 35.0 Å². The van der Waals surface area contributed by atoms with Gasteiger partial charge in [-0.2, -0.15) is 0 Å². The Bertz CT molecular complexity index is 1620. The van der Waals surface area contributed by atoms with Crippen molar-refractivity contribution in [2.75, 3.05) is 13.1 Å². The maximum absolute atomic E-state index is 12.9. The van der Waals surface area contributed by atoms with Crippen LogP contribution in [-0.2, 0) is 16.1 Å². The lowest BCUT2D eigenvalue weighted by atomic mass is 9.81. The lowest BCUT2D eigenvalue weighted by Gasteiger charge is -2.27. The molecule has 0 bridgehead atoms. The van der Waals surface area contributed by atoms with Gasteiger partial charge in [-0.25, -0.2) is 14.8 Å². The molecule has 9 nitrogen and oxygen atoms in total. The Hall–Kier alpha value is -4.14. The van der Waals surface area contributed by atoms with Crippen molar-refractivity contribution in [1.82, 2.24) is 29.7 Å². The standard InChI is InChI=1S/C33H40N6O3/c1-6-15-38(20(2)40)19-29-34-25-13-10-22(18-27(25)35-29)21-9-12-24-23(17-21)11-14-26-30(24)37-31(36-26)28-8-7-16-39(28)32(41)42-33(3,4)5/h9-11,13-14,17-18,24,28H,6-8,12,15-16,19H2,1-5H3,(H,34,35)(H,36,37)/t24?,28-/m0/s1.